The van der Waals surface area contributed by atoms with Crippen molar-refractivity contribution < 1.29 is 14.4 Å². The van der Waals surface area contributed by atoms with E-state index in [9.17, 15) is 14.4 Å². The fourth-order valence-electron chi connectivity index (χ4n) is 5.50. The van der Waals surface area contributed by atoms with Gasteiger partial charge in [-0.3, -0.25) is 19.3 Å². The molecule has 3 heterocycles. The number of carbonyl (C=O) groups is 3. The standard InChI is InChI=1S/C22H22N4O3S/c27-17(11-26-20(28)18-12-3-4-13(9-12)19(18)21(26)29)23-14-5-6-15-16(10-14)30-22(24-15)25-7-1-2-8-25/h3-6,10,12-13,18-19H,1-2,7-9,11H2,(H,23,27)/t12-,13-,18-,19+/m0/s1. The highest BCUT2D eigenvalue weighted by Crippen LogP contribution is 2.52. The van der Waals surface area contributed by atoms with E-state index in [1.807, 2.05) is 18.2 Å². The quantitative estimate of drug-likeness (QED) is 0.605. The van der Waals surface area contributed by atoms with Gasteiger partial charge in [-0.1, -0.05) is 23.5 Å². The number of hydrogen-bond donors (Lipinski definition) is 1. The maximum Gasteiger partial charge on any atom is 0.244 e. The Morgan fingerprint density at radius 2 is 1.80 bits per heavy atom. The second-order valence-corrected chi connectivity index (χ2v) is 9.69. The number of thiazole rings is 1. The number of anilines is 2. The van der Waals surface area contributed by atoms with Gasteiger partial charge in [0, 0.05) is 18.8 Å². The second-order valence-electron chi connectivity index (χ2n) is 8.68. The monoisotopic (exact) mass is 422 g/mol. The zero-order chi connectivity index (χ0) is 20.4. The number of benzene rings is 1. The Bertz CT molecular complexity index is 1070. The number of aromatic nitrogens is 1. The van der Waals surface area contributed by atoms with E-state index in [4.69, 9.17) is 4.98 Å². The first-order valence-corrected chi connectivity index (χ1v) is 11.4. The summed E-state index contributed by atoms with van der Waals surface area (Å²) in [5.74, 6) is -0.947. The summed E-state index contributed by atoms with van der Waals surface area (Å²) in [4.78, 5) is 46.3. The van der Waals surface area contributed by atoms with E-state index < -0.39 is 0 Å². The van der Waals surface area contributed by atoms with Gasteiger partial charge in [0.1, 0.15) is 6.54 Å². The average molecular weight is 423 g/mol. The number of fused-ring (bicyclic) bond motifs is 6. The molecule has 2 saturated heterocycles. The molecule has 3 fully saturated rings. The molecule has 4 aliphatic rings. The highest BCUT2D eigenvalue weighted by molar-refractivity contribution is 7.22. The third kappa shape index (κ3) is 2.70. The minimum Gasteiger partial charge on any atom is -0.348 e. The van der Waals surface area contributed by atoms with Crippen LogP contribution in [0.25, 0.3) is 10.2 Å². The van der Waals surface area contributed by atoms with Gasteiger partial charge in [-0.05, 0) is 49.3 Å². The van der Waals surface area contributed by atoms with Gasteiger partial charge < -0.3 is 10.2 Å². The third-order valence-electron chi connectivity index (χ3n) is 6.90. The number of allylic oxidation sites excluding steroid dienone is 2. The molecule has 1 aromatic carbocycles. The lowest BCUT2D eigenvalue weighted by Crippen LogP contribution is -2.39. The molecule has 2 aromatic rings. The van der Waals surface area contributed by atoms with Crippen molar-refractivity contribution in [1.82, 2.24) is 9.88 Å². The molecule has 0 unspecified atom stereocenters. The van der Waals surface area contributed by atoms with Gasteiger partial charge in [0.2, 0.25) is 17.7 Å². The Labute approximate surface area is 177 Å². The third-order valence-corrected chi connectivity index (χ3v) is 7.98. The first-order chi connectivity index (χ1) is 14.6. The molecule has 30 heavy (non-hydrogen) atoms. The summed E-state index contributed by atoms with van der Waals surface area (Å²) in [6.45, 7) is 1.87. The molecule has 2 bridgehead atoms. The fourth-order valence-corrected chi connectivity index (χ4v) is 6.55. The molecular weight excluding hydrogens is 400 g/mol. The Kier molecular flexibility index (Phi) is 3.99. The maximum absolute atomic E-state index is 12.8. The highest BCUT2D eigenvalue weighted by atomic mass is 32.1. The van der Waals surface area contributed by atoms with Crippen molar-refractivity contribution in [1.29, 1.82) is 0 Å². The van der Waals surface area contributed by atoms with Crippen molar-refractivity contribution >= 4 is 50.1 Å². The Morgan fingerprint density at radius 1 is 1.10 bits per heavy atom. The highest BCUT2D eigenvalue weighted by Gasteiger charge is 2.59. The van der Waals surface area contributed by atoms with Crippen molar-refractivity contribution in [3.63, 3.8) is 0 Å². The number of likely N-dealkylation sites (tertiary alicyclic amines) is 1. The van der Waals surface area contributed by atoms with Gasteiger partial charge in [0.15, 0.2) is 5.13 Å². The molecule has 154 valence electrons. The molecule has 1 N–H and O–H groups in total. The molecule has 2 aliphatic heterocycles. The van der Waals surface area contributed by atoms with Gasteiger partial charge >= 0.3 is 0 Å². The predicted octanol–water partition coefficient (Wildman–Crippen LogP) is 2.64. The van der Waals surface area contributed by atoms with Gasteiger partial charge in [0.25, 0.3) is 0 Å². The molecule has 7 nitrogen and oxygen atoms in total. The van der Waals surface area contributed by atoms with Crippen LogP contribution >= 0.6 is 11.3 Å². The summed E-state index contributed by atoms with van der Waals surface area (Å²) in [6.07, 6.45) is 7.40. The largest absolute Gasteiger partial charge is 0.348 e. The lowest BCUT2D eigenvalue weighted by atomic mass is 9.85. The van der Waals surface area contributed by atoms with Crippen molar-refractivity contribution in [3.05, 3.63) is 30.4 Å². The Balaban J connectivity index is 1.15. The van der Waals surface area contributed by atoms with Crippen LogP contribution in [0.3, 0.4) is 0 Å². The maximum atomic E-state index is 12.8. The van der Waals surface area contributed by atoms with E-state index in [1.54, 1.807) is 11.3 Å². The molecule has 1 saturated carbocycles. The van der Waals surface area contributed by atoms with Crippen LogP contribution in [0.4, 0.5) is 10.8 Å². The smallest absolute Gasteiger partial charge is 0.244 e. The minimum atomic E-state index is -0.347. The molecule has 1 aromatic heterocycles. The van der Waals surface area contributed by atoms with Crippen LogP contribution in [0, 0.1) is 23.7 Å². The molecule has 2 aliphatic carbocycles. The molecular formula is C22H22N4O3S. The van der Waals surface area contributed by atoms with Crippen LogP contribution in [0.15, 0.2) is 30.4 Å². The number of rotatable bonds is 4. The van der Waals surface area contributed by atoms with Gasteiger partial charge in [-0.25, -0.2) is 4.98 Å². The normalized spacial score (nSPS) is 29.5. The first kappa shape index (κ1) is 18.1. The zero-order valence-electron chi connectivity index (χ0n) is 16.4. The van der Waals surface area contributed by atoms with Gasteiger partial charge in [0.05, 0.1) is 22.1 Å². The Morgan fingerprint density at radius 3 is 2.50 bits per heavy atom. The van der Waals surface area contributed by atoms with E-state index in [0.29, 0.717) is 5.69 Å². The second kappa shape index (κ2) is 6.63. The zero-order valence-corrected chi connectivity index (χ0v) is 17.2. The minimum absolute atomic E-state index is 0.156. The van der Waals surface area contributed by atoms with Crippen molar-refractivity contribution in [2.45, 2.75) is 19.3 Å². The lowest BCUT2D eigenvalue weighted by molar-refractivity contribution is -0.143. The first-order valence-electron chi connectivity index (χ1n) is 10.6. The van der Waals surface area contributed by atoms with E-state index in [-0.39, 0.29) is 47.9 Å². The summed E-state index contributed by atoms with van der Waals surface area (Å²) in [5, 5.41) is 3.87. The molecule has 8 heteroatoms. The number of nitrogens with zero attached hydrogens (tertiary/aromatic N) is 3. The SMILES string of the molecule is O=C(CN1C(=O)[C@@H]2[C@H](C1=O)[C@H]1C=C[C@H]2C1)Nc1ccc2nc(N3CCCC3)sc2c1. The summed E-state index contributed by atoms with van der Waals surface area (Å²) in [5.41, 5.74) is 1.57. The summed E-state index contributed by atoms with van der Waals surface area (Å²) in [6, 6.07) is 5.64. The number of nitrogens with one attached hydrogen (secondary N) is 1. The van der Waals surface area contributed by atoms with Crippen LogP contribution < -0.4 is 10.2 Å². The van der Waals surface area contributed by atoms with Crippen LogP contribution in [0.2, 0.25) is 0 Å². The van der Waals surface area contributed by atoms with E-state index in [0.717, 1.165) is 39.8 Å². The van der Waals surface area contributed by atoms with Crippen molar-refractivity contribution in [2.24, 2.45) is 23.7 Å². The van der Waals surface area contributed by atoms with Crippen LogP contribution in [0.5, 0.6) is 0 Å². The molecule has 0 radical (unpaired) electrons. The molecule has 3 amide bonds. The predicted molar refractivity (Wildman–Crippen MR) is 114 cm³/mol. The fraction of sp³-hybridized carbons (Fsp3) is 0.455. The number of carbonyl (C=O) groups excluding carboxylic acids is 3. The molecule has 4 atom stereocenters. The summed E-state index contributed by atoms with van der Waals surface area (Å²) >= 11 is 1.63. The topological polar surface area (TPSA) is 82.6 Å². The van der Waals surface area contributed by atoms with Gasteiger partial charge in [-0.2, -0.15) is 0 Å². The number of hydrogen-bond acceptors (Lipinski definition) is 6. The average Bonchev–Trinajstić information content (AvgIpc) is 3.53. The number of imide groups is 1. The van der Waals surface area contributed by atoms with E-state index >= 15 is 0 Å². The summed E-state index contributed by atoms with van der Waals surface area (Å²) < 4.78 is 1.01. The van der Waals surface area contributed by atoms with Crippen LogP contribution in [-0.2, 0) is 14.4 Å². The Hall–Kier alpha value is -2.74. The summed E-state index contributed by atoms with van der Waals surface area (Å²) in [7, 11) is 0. The van der Waals surface area contributed by atoms with Crippen molar-refractivity contribution in [3.8, 4) is 0 Å². The van der Waals surface area contributed by atoms with Crippen LogP contribution in [-0.4, -0.2) is 47.2 Å². The van der Waals surface area contributed by atoms with Crippen LogP contribution in [0.1, 0.15) is 19.3 Å². The van der Waals surface area contributed by atoms with Crippen molar-refractivity contribution in [2.75, 3.05) is 29.9 Å². The number of amides is 3. The van der Waals surface area contributed by atoms with E-state index in [2.05, 4.69) is 22.4 Å². The molecule has 6 rings (SSSR count). The van der Waals surface area contributed by atoms with E-state index in [1.165, 1.54) is 12.8 Å². The van der Waals surface area contributed by atoms with Gasteiger partial charge in [-0.15, -0.1) is 0 Å². The lowest BCUT2D eigenvalue weighted by Gasteiger charge is -2.16. The molecule has 0 spiro atoms.